The minimum absolute atomic E-state index is 0.221. The average Bonchev–Trinajstić information content (AvgIpc) is 2.59. The van der Waals surface area contributed by atoms with Gasteiger partial charge in [-0.1, -0.05) is 0 Å². The molecule has 8 aliphatic rings. The first-order valence-electron chi connectivity index (χ1n) is 11.5. The van der Waals surface area contributed by atoms with Gasteiger partial charge in [0.05, 0.1) is 0 Å². The van der Waals surface area contributed by atoms with Crippen LogP contribution in [0.5, 0.6) is 0 Å². The van der Waals surface area contributed by atoms with E-state index >= 15 is 0 Å². The Labute approximate surface area is 167 Å². The highest BCUT2D eigenvalue weighted by molar-refractivity contribution is 6.28. The van der Waals surface area contributed by atoms with Gasteiger partial charge in [0.2, 0.25) is 5.28 Å². The molecule has 0 saturated heterocycles. The van der Waals surface area contributed by atoms with Gasteiger partial charge in [0.1, 0.15) is 11.6 Å². The maximum Gasteiger partial charge on any atom is 0.225 e. The molecule has 8 fully saturated rings. The molecule has 8 bridgehead atoms. The minimum Gasteiger partial charge on any atom is -0.217 e. The van der Waals surface area contributed by atoms with Crippen molar-refractivity contribution < 1.29 is 0 Å². The number of aromatic nitrogens is 3. The first kappa shape index (κ1) is 16.1. The van der Waals surface area contributed by atoms with Crippen LogP contribution in [0.3, 0.4) is 0 Å². The van der Waals surface area contributed by atoms with E-state index in [9.17, 15) is 0 Å². The molecule has 0 radical (unpaired) electrons. The highest BCUT2D eigenvalue weighted by Gasteiger charge is 2.56. The molecule has 0 aliphatic heterocycles. The van der Waals surface area contributed by atoms with E-state index in [0.717, 1.165) is 47.2 Å². The van der Waals surface area contributed by atoms with E-state index in [4.69, 9.17) is 26.6 Å². The molecule has 27 heavy (non-hydrogen) atoms. The van der Waals surface area contributed by atoms with E-state index in [1.165, 1.54) is 77.0 Å². The second kappa shape index (κ2) is 5.26. The largest absolute Gasteiger partial charge is 0.225 e. The first-order valence-corrected chi connectivity index (χ1v) is 11.9. The zero-order valence-electron chi connectivity index (χ0n) is 16.2. The fraction of sp³-hybridized carbons (Fsp3) is 0.870. The Balaban J connectivity index is 1.31. The second-order valence-corrected chi connectivity index (χ2v) is 12.0. The predicted octanol–water partition coefficient (Wildman–Crippen LogP) is 5.46. The van der Waals surface area contributed by atoms with E-state index in [1.54, 1.807) is 0 Å². The molecule has 0 unspecified atom stereocenters. The number of rotatable bonds is 2. The smallest absolute Gasteiger partial charge is 0.217 e. The number of hydrogen-bond acceptors (Lipinski definition) is 3. The molecule has 1 heterocycles. The summed E-state index contributed by atoms with van der Waals surface area (Å²) in [6.45, 7) is 0. The molecule has 9 rings (SSSR count). The lowest BCUT2D eigenvalue weighted by Gasteiger charge is -2.57. The van der Waals surface area contributed by atoms with Crippen molar-refractivity contribution >= 4 is 11.6 Å². The standard InChI is InChI=1S/C23H30ClN3/c24-21-26-19(22-7-13-1-14(8-22)3-15(2-13)9-22)25-20(27-21)23-10-16-4-17(11-23)6-18(5-16)12-23/h13-18H,1-12H2. The van der Waals surface area contributed by atoms with Gasteiger partial charge in [0, 0.05) is 10.8 Å². The van der Waals surface area contributed by atoms with E-state index in [0.29, 0.717) is 5.28 Å². The summed E-state index contributed by atoms with van der Waals surface area (Å²) in [7, 11) is 0. The molecule has 0 atom stereocenters. The van der Waals surface area contributed by atoms with Crippen molar-refractivity contribution in [1.29, 1.82) is 0 Å². The zero-order chi connectivity index (χ0) is 17.8. The third-order valence-electron chi connectivity index (χ3n) is 9.63. The van der Waals surface area contributed by atoms with Crippen LogP contribution in [-0.4, -0.2) is 15.0 Å². The van der Waals surface area contributed by atoms with Gasteiger partial charge in [-0.15, -0.1) is 0 Å². The summed E-state index contributed by atoms with van der Waals surface area (Å²) in [5, 5.41) is 0.474. The van der Waals surface area contributed by atoms with E-state index < -0.39 is 0 Å². The lowest BCUT2D eigenvalue weighted by molar-refractivity contribution is -0.0156. The topological polar surface area (TPSA) is 38.7 Å². The number of halogens is 1. The molecule has 0 aromatic carbocycles. The van der Waals surface area contributed by atoms with Crippen LogP contribution in [0.15, 0.2) is 0 Å². The Morgan fingerprint density at radius 3 is 1.11 bits per heavy atom. The molecule has 144 valence electrons. The van der Waals surface area contributed by atoms with Crippen LogP contribution in [0.1, 0.15) is 88.7 Å². The Morgan fingerprint density at radius 2 is 0.815 bits per heavy atom. The van der Waals surface area contributed by atoms with Crippen LogP contribution in [0.25, 0.3) is 0 Å². The molecule has 3 nitrogen and oxygen atoms in total. The molecule has 8 aliphatic carbocycles. The summed E-state index contributed by atoms with van der Waals surface area (Å²) in [6.07, 6.45) is 16.6. The van der Waals surface area contributed by atoms with Gasteiger partial charge in [-0.05, 0) is 124 Å². The normalized spacial score (nSPS) is 51.9. The zero-order valence-corrected chi connectivity index (χ0v) is 16.9. The van der Waals surface area contributed by atoms with Crippen LogP contribution < -0.4 is 0 Å². The summed E-state index contributed by atoms with van der Waals surface area (Å²) in [4.78, 5) is 14.9. The highest BCUT2D eigenvalue weighted by Crippen LogP contribution is 2.62. The summed E-state index contributed by atoms with van der Waals surface area (Å²) >= 11 is 6.57. The van der Waals surface area contributed by atoms with Gasteiger partial charge in [-0.2, -0.15) is 0 Å². The molecule has 4 heteroatoms. The Morgan fingerprint density at radius 1 is 0.519 bits per heavy atom. The Bertz CT molecular complexity index is 670. The molecule has 1 aromatic heterocycles. The molecular weight excluding hydrogens is 354 g/mol. The Hall–Kier alpha value is -0.700. The summed E-state index contributed by atoms with van der Waals surface area (Å²) in [5.41, 5.74) is 0.441. The number of nitrogens with zero attached hydrogens (tertiary/aromatic N) is 3. The number of hydrogen-bond donors (Lipinski definition) is 0. The average molecular weight is 384 g/mol. The monoisotopic (exact) mass is 383 g/mol. The summed E-state index contributed by atoms with van der Waals surface area (Å²) < 4.78 is 0. The van der Waals surface area contributed by atoms with E-state index in [-0.39, 0.29) is 10.8 Å². The van der Waals surface area contributed by atoms with Crippen molar-refractivity contribution in [2.24, 2.45) is 35.5 Å². The molecule has 1 aromatic rings. The third-order valence-corrected chi connectivity index (χ3v) is 9.80. The van der Waals surface area contributed by atoms with E-state index in [2.05, 4.69) is 0 Å². The van der Waals surface area contributed by atoms with Gasteiger partial charge in [0.25, 0.3) is 0 Å². The maximum absolute atomic E-state index is 6.57. The molecule has 0 N–H and O–H groups in total. The quantitative estimate of drug-likeness (QED) is 0.680. The van der Waals surface area contributed by atoms with Gasteiger partial charge in [-0.25, -0.2) is 15.0 Å². The van der Waals surface area contributed by atoms with Crippen molar-refractivity contribution in [3.63, 3.8) is 0 Å². The molecular formula is C23H30ClN3. The summed E-state index contributed by atoms with van der Waals surface area (Å²) in [6, 6.07) is 0. The second-order valence-electron chi connectivity index (χ2n) is 11.6. The minimum atomic E-state index is 0.221. The van der Waals surface area contributed by atoms with Gasteiger partial charge in [0.15, 0.2) is 0 Å². The van der Waals surface area contributed by atoms with Crippen LogP contribution in [0.2, 0.25) is 5.28 Å². The highest BCUT2D eigenvalue weighted by atomic mass is 35.5. The van der Waals surface area contributed by atoms with Crippen LogP contribution in [0, 0.1) is 35.5 Å². The maximum atomic E-state index is 6.57. The SMILES string of the molecule is Clc1nc(C23CC4CC(CC(C4)C2)C3)nc(C23CC4CC(CC(C4)C2)C3)n1. The van der Waals surface area contributed by atoms with Crippen molar-refractivity contribution in [3.05, 3.63) is 16.9 Å². The lowest BCUT2D eigenvalue weighted by Crippen LogP contribution is -2.51. The van der Waals surface area contributed by atoms with Crippen molar-refractivity contribution in [2.75, 3.05) is 0 Å². The third kappa shape index (κ3) is 2.30. The molecule has 0 spiro atoms. The molecule has 8 saturated carbocycles. The van der Waals surface area contributed by atoms with Crippen molar-refractivity contribution in [2.45, 2.75) is 87.9 Å². The van der Waals surface area contributed by atoms with Crippen molar-refractivity contribution in [1.82, 2.24) is 15.0 Å². The van der Waals surface area contributed by atoms with Gasteiger partial charge < -0.3 is 0 Å². The predicted molar refractivity (Wildman–Crippen MR) is 105 cm³/mol. The van der Waals surface area contributed by atoms with E-state index in [1.807, 2.05) is 0 Å². The fourth-order valence-electron chi connectivity index (χ4n) is 9.59. The van der Waals surface area contributed by atoms with Crippen molar-refractivity contribution in [3.8, 4) is 0 Å². The fourth-order valence-corrected chi connectivity index (χ4v) is 9.75. The Kier molecular flexibility index (Phi) is 3.14. The lowest BCUT2D eigenvalue weighted by atomic mass is 9.49. The van der Waals surface area contributed by atoms with Crippen LogP contribution in [0.4, 0.5) is 0 Å². The van der Waals surface area contributed by atoms with Gasteiger partial charge >= 0.3 is 0 Å². The first-order chi connectivity index (χ1) is 13.1. The van der Waals surface area contributed by atoms with Crippen LogP contribution >= 0.6 is 11.6 Å². The van der Waals surface area contributed by atoms with Crippen LogP contribution in [-0.2, 0) is 10.8 Å². The van der Waals surface area contributed by atoms with Gasteiger partial charge in [-0.3, -0.25) is 0 Å². The summed E-state index contributed by atoms with van der Waals surface area (Å²) in [5.74, 6) is 7.65. The molecule has 0 amide bonds.